The number of β-lactam (4-membered cyclic amide) rings is 1. The molecule has 0 bridgehead atoms. The van der Waals surface area contributed by atoms with Crippen LogP contribution < -0.4 is 4.90 Å². The summed E-state index contributed by atoms with van der Waals surface area (Å²) in [4.78, 5) is 13.4. The minimum Gasteiger partial charge on any atom is -0.355 e. The van der Waals surface area contributed by atoms with Crippen LogP contribution in [-0.2, 0) is 16.1 Å². The number of carbonyl (C=O) groups is 1. The van der Waals surface area contributed by atoms with E-state index in [4.69, 9.17) is 9.84 Å². The summed E-state index contributed by atoms with van der Waals surface area (Å²) in [6.07, 6.45) is 4.85. The first kappa shape index (κ1) is 19.9. The van der Waals surface area contributed by atoms with E-state index in [9.17, 15) is 9.18 Å². The molecule has 0 saturated carbocycles. The zero-order chi connectivity index (χ0) is 21.2. The molecule has 0 atom stereocenters. The molecule has 0 spiro atoms. The van der Waals surface area contributed by atoms with Crippen LogP contribution in [0.2, 0.25) is 0 Å². The van der Waals surface area contributed by atoms with E-state index < -0.39 is 0 Å². The molecule has 1 amide bonds. The number of benzene rings is 2. The van der Waals surface area contributed by atoms with Gasteiger partial charge in [-0.1, -0.05) is 30.3 Å². The highest BCUT2D eigenvalue weighted by atomic mass is 19.1. The molecule has 0 N–H and O–H groups in total. The van der Waals surface area contributed by atoms with Crippen LogP contribution in [0.1, 0.15) is 43.2 Å². The van der Waals surface area contributed by atoms with E-state index in [0.717, 1.165) is 42.6 Å². The van der Waals surface area contributed by atoms with E-state index in [-0.39, 0.29) is 11.7 Å². The molecule has 0 radical (unpaired) electrons. The predicted octanol–water partition coefficient (Wildman–Crippen LogP) is 4.63. The maximum atomic E-state index is 14.4. The summed E-state index contributed by atoms with van der Waals surface area (Å²) < 4.78 is 20.4. The molecule has 2 heterocycles. The Morgan fingerprint density at radius 3 is 2.65 bits per heavy atom. The van der Waals surface area contributed by atoms with E-state index in [1.165, 1.54) is 28.5 Å². The molecule has 160 valence electrons. The Morgan fingerprint density at radius 1 is 1.03 bits per heavy atom. The van der Waals surface area contributed by atoms with Crippen molar-refractivity contribution in [1.82, 2.24) is 5.01 Å². The summed E-state index contributed by atoms with van der Waals surface area (Å²) in [6.45, 7) is 2.27. The normalized spacial score (nSPS) is 18.6. The third-order valence-electron chi connectivity index (χ3n) is 6.20. The van der Waals surface area contributed by atoms with Gasteiger partial charge in [0.25, 0.3) is 0 Å². The van der Waals surface area contributed by atoms with Crippen molar-refractivity contribution < 1.29 is 13.9 Å². The van der Waals surface area contributed by atoms with Gasteiger partial charge < -0.3 is 9.64 Å². The first-order chi connectivity index (χ1) is 15.2. The molecule has 5 nitrogen and oxygen atoms in total. The van der Waals surface area contributed by atoms with Crippen LogP contribution in [0.15, 0.2) is 64.8 Å². The van der Waals surface area contributed by atoms with Gasteiger partial charge in [-0.2, -0.15) is 5.10 Å². The number of hydrogen-bond acceptors (Lipinski definition) is 4. The number of amides is 1. The molecule has 6 heteroatoms. The van der Waals surface area contributed by atoms with Gasteiger partial charge in [-0.3, -0.25) is 9.80 Å². The summed E-state index contributed by atoms with van der Waals surface area (Å²) in [6, 6.07) is 15.1. The van der Waals surface area contributed by atoms with Gasteiger partial charge in [-0.25, -0.2) is 4.39 Å². The monoisotopic (exact) mass is 419 g/mol. The van der Waals surface area contributed by atoms with Gasteiger partial charge in [-0.05, 0) is 60.6 Å². The lowest BCUT2D eigenvalue weighted by molar-refractivity contribution is -0.122. The lowest BCUT2D eigenvalue weighted by Crippen LogP contribution is -2.44. The number of halogens is 1. The fourth-order valence-electron chi connectivity index (χ4n) is 4.47. The predicted molar refractivity (Wildman–Crippen MR) is 118 cm³/mol. The largest absolute Gasteiger partial charge is 0.355 e. The fourth-order valence-corrected chi connectivity index (χ4v) is 4.47. The number of nitrogens with zero attached hydrogens (tertiary/aromatic N) is 3. The molecule has 0 aromatic heterocycles. The number of hydrazone groups is 1. The van der Waals surface area contributed by atoms with Gasteiger partial charge in [0.2, 0.25) is 5.91 Å². The van der Waals surface area contributed by atoms with Crippen molar-refractivity contribution in [1.29, 1.82) is 0 Å². The molecule has 1 saturated heterocycles. The number of anilines is 1. The van der Waals surface area contributed by atoms with Crippen molar-refractivity contribution in [3.05, 3.63) is 76.6 Å². The van der Waals surface area contributed by atoms with E-state index >= 15 is 0 Å². The van der Waals surface area contributed by atoms with Crippen LogP contribution in [0, 0.1) is 5.82 Å². The van der Waals surface area contributed by atoms with Crippen molar-refractivity contribution >= 4 is 17.3 Å². The lowest BCUT2D eigenvalue weighted by Gasteiger charge is -2.33. The quantitative estimate of drug-likeness (QED) is 0.642. The maximum absolute atomic E-state index is 14.4. The maximum Gasteiger partial charge on any atom is 0.228 e. The van der Waals surface area contributed by atoms with Crippen LogP contribution in [-0.4, -0.2) is 36.4 Å². The highest BCUT2D eigenvalue weighted by molar-refractivity contribution is 6.14. The Hall–Kier alpha value is -2.99. The molecule has 3 aliphatic rings. The Morgan fingerprint density at radius 2 is 1.87 bits per heavy atom. The smallest absolute Gasteiger partial charge is 0.228 e. The van der Waals surface area contributed by atoms with Crippen molar-refractivity contribution in [2.45, 2.75) is 38.7 Å². The third-order valence-corrected chi connectivity index (χ3v) is 6.20. The number of ether oxygens (including phenoxy) is 1. The Balaban J connectivity index is 1.40. The molecule has 1 fully saturated rings. The molecular formula is C25H26FN3O2. The van der Waals surface area contributed by atoms with Crippen molar-refractivity contribution in [3.63, 3.8) is 0 Å². The lowest BCUT2D eigenvalue weighted by atomic mass is 9.85. The van der Waals surface area contributed by atoms with Gasteiger partial charge in [0.05, 0.1) is 24.6 Å². The van der Waals surface area contributed by atoms with Gasteiger partial charge in [0.15, 0.2) is 0 Å². The molecule has 1 aliphatic carbocycles. The topological polar surface area (TPSA) is 45.1 Å². The summed E-state index contributed by atoms with van der Waals surface area (Å²) in [5, 5.41) is 6.86. The molecule has 31 heavy (non-hydrogen) atoms. The molecule has 2 aliphatic heterocycles. The summed E-state index contributed by atoms with van der Waals surface area (Å²) in [5.41, 5.74) is 5.90. The Labute approximate surface area is 181 Å². The second-order valence-corrected chi connectivity index (χ2v) is 8.33. The molecule has 0 unspecified atom stereocenters. The van der Waals surface area contributed by atoms with E-state index in [0.29, 0.717) is 32.0 Å². The van der Waals surface area contributed by atoms with Crippen molar-refractivity contribution in [2.24, 2.45) is 5.10 Å². The summed E-state index contributed by atoms with van der Waals surface area (Å²) in [5.74, 6) is -0.399. The van der Waals surface area contributed by atoms with Gasteiger partial charge >= 0.3 is 0 Å². The second kappa shape index (κ2) is 8.63. The van der Waals surface area contributed by atoms with Crippen molar-refractivity contribution in [2.75, 3.05) is 24.7 Å². The molecular weight excluding hydrogens is 393 g/mol. The highest BCUT2D eigenvalue weighted by Crippen LogP contribution is 2.34. The van der Waals surface area contributed by atoms with E-state index in [2.05, 4.69) is 0 Å². The van der Waals surface area contributed by atoms with Crippen LogP contribution in [0.4, 0.5) is 10.1 Å². The Kier molecular flexibility index (Phi) is 5.55. The van der Waals surface area contributed by atoms with Crippen LogP contribution in [0.3, 0.4) is 0 Å². The standard InChI is InChI=1S/C25H26FN3O2/c26-22-11-10-19(14-23(22)29-13-12-24(29)30)25-21-9-5-4-8-20(21)15-28(27-25)17-31-16-18-6-2-1-3-7-18/h1-3,6-7,10-11,14H,4-5,8-9,12-13,15-17H2. The average molecular weight is 420 g/mol. The minimum absolute atomic E-state index is 0.0323. The zero-order valence-corrected chi connectivity index (χ0v) is 17.5. The highest BCUT2D eigenvalue weighted by Gasteiger charge is 2.30. The van der Waals surface area contributed by atoms with E-state index in [1.54, 1.807) is 12.1 Å². The number of allylic oxidation sites excluding steroid dienone is 1. The van der Waals surface area contributed by atoms with Gasteiger partial charge in [0.1, 0.15) is 12.5 Å². The summed E-state index contributed by atoms with van der Waals surface area (Å²) in [7, 11) is 0. The van der Waals surface area contributed by atoms with Crippen molar-refractivity contribution in [3.8, 4) is 0 Å². The minimum atomic E-state index is -0.367. The fraction of sp³-hybridized carbons (Fsp3) is 0.360. The van der Waals surface area contributed by atoms with Gasteiger partial charge in [-0.15, -0.1) is 0 Å². The summed E-state index contributed by atoms with van der Waals surface area (Å²) >= 11 is 0. The SMILES string of the molecule is O=C1CCN1c1cc(C2=NN(COCc3ccccc3)CC3=C2CCCC3)ccc1F. The number of rotatable bonds is 6. The number of carbonyl (C=O) groups excluding carboxylic acids is 1. The third kappa shape index (κ3) is 4.12. The van der Waals surface area contributed by atoms with Crippen LogP contribution in [0.25, 0.3) is 0 Å². The van der Waals surface area contributed by atoms with Crippen LogP contribution >= 0.6 is 0 Å². The first-order valence-corrected chi connectivity index (χ1v) is 11.0. The molecule has 2 aromatic rings. The molecule has 5 rings (SSSR count). The zero-order valence-electron chi connectivity index (χ0n) is 17.5. The Bertz CT molecular complexity index is 1050. The molecule has 2 aromatic carbocycles. The second-order valence-electron chi connectivity index (χ2n) is 8.33. The van der Waals surface area contributed by atoms with Gasteiger partial charge in [0, 0.05) is 18.5 Å². The number of hydrogen-bond donors (Lipinski definition) is 0. The average Bonchev–Trinajstić information content (AvgIpc) is 2.80. The van der Waals surface area contributed by atoms with Crippen LogP contribution in [0.5, 0.6) is 0 Å². The first-order valence-electron chi connectivity index (χ1n) is 11.0. The van der Waals surface area contributed by atoms with E-state index in [1.807, 2.05) is 35.3 Å².